The second-order valence-corrected chi connectivity index (χ2v) is 38.6. The number of para-hydroxylation sites is 4. The van der Waals surface area contributed by atoms with Crippen molar-refractivity contribution in [3.8, 4) is 90.1 Å². The van der Waals surface area contributed by atoms with Crippen LogP contribution < -0.4 is 0 Å². The minimum atomic E-state index is 0.854. The Hall–Kier alpha value is -18.7. The number of hydrogen-bond donors (Lipinski definition) is 0. The van der Waals surface area contributed by atoms with E-state index in [2.05, 4.69) is 388 Å². The predicted octanol–water partition coefficient (Wildman–Crippen LogP) is 36.5. The molecule has 0 bridgehead atoms. The molecular weight excluding hydrogens is 1790 g/mol. The highest BCUT2D eigenvalue weighted by atomic mass is 32.1. The van der Waals surface area contributed by atoms with Gasteiger partial charge in [-0.3, -0.25) is 0 Å². The van der Waals surface area contributed by atoms with Crippen molar-refractivity contribution >= 4 is 226 Å². The lowest BCUT2D eigenvalue weighted by atomic mass is 9.96. The van der Waals surface area contributed by atoms with E-state index in [0.717, 1.165) is 227 Å². The molecule has 0 unspecified atom stereocenters. The fraction of sp³-hybridized carbons (Fsp3) is 0. The summed E-state index contributed by atoms with van der Waals surface area (Å²) >= 11 is 3.70. The maximum atomic E-state index is 6.48. The maximum Gasteiger partial charge on any atom is 0.143 e. The Morgan fingerprint density at radius 2 is 0.438 bits per heavy atom. The molecule has 0 atom stereocenters. The Bertz CT molecular complexity index is 10700. The lowest BCUT2D eigenvalue weighted by molar-refractivity contribution is 0.672. The molecule has 0 aliphatic carbocycles. The van der Waals surface area contributed by atoms with E-state index in [1.807, 2.05) is 108 Å². The summed E-state index contributed by atoms with van der Waals surface area (Å²) in [6.07, 6.45) is 0. The molecule has 31 rings (SSSR count). The van der Waals surface area contributed by atoms with Gasteiger partial charge in [0.2, 0.25) is 0 Å². The van der Waals surface area contributed by atoms with E-state index in [1.54, 1.807) is 0 Å². The number of fused-ring (bicyclic) bond motifs is 28. The molecule has 0 aliphatic rings. The molecule has 10 nitrogen and oxygen atoms in total. The lowest BCUT2D eigenvalue weighted by Gasteiger charge is -2.14. The number of thiophene rings is 2. The molecule has 670 valence electrons. The van der Waals surface area contributed by atoms with Gasteiger partial charge >= 0.3 is 0 Å². The lowest BCUT2D eigenvalue weighted by Crippen LogP contribution is -1.97. The van der Waals surface area contributed by atoms with Gasteiger partial charge in [-0.05, 0) is 139 Å². The molecule has 8 aromatic heterocycles. The Morgan fingerprint density at radius 3 is 0.847 bits per heavy atom. The van der Waals surface area contributed by atoms with E-state index in [-0.39, 0.29) is 0 Å². The number of rotatable bonds is 8. The van der Waals surface area contributed by atoms with Gasteiger partial charge < -0.3 is 8.83 Å². The van der Waals surface area contributed by atoms with E-state index in [1.165, 1.54) is 67.3 Å². The smallest absolute Gasteiger partial charge is 0.143 e. The van der Waals surface area contributed by atoms with Crippen molar-refractivity contribution in [1.29, 1.82) is 0 Å². The van der Waals surface area contributed by atoms with Gasteiger partial charge in [0.25, 0.3) is 0 Å². The van der Waals surface area contributed by atoms with Gasteiger partial charge in [-0.15, -0.1) is 22.7 Å². The second-order valence-electron chi connectivity index (χ2n) is 36.4. The molecule has 8 heterocycles. The molecule has 0 N–H and O–H groups in total. The minimum absolute atomic E-state index is 0.854. The number of nitrogens with zero attached hydrogens (tertiary/aromatic N) is 8. The van der Waals surface area contributed by atoms with Crippen molar-refractivity contribution in [3.63, 3.8) is 0 Å². The van der Waals surface area contributed by atoms with Gasteiger partial charge in [-0.2, -0.15) is 0 Å². The molecular formula is C132H78N8O2S2. The standard InChI is InChI=1S/2C34H20N2O.C34H20N2S.C30H18N2S/c1-2-10-23(11-3-1)31-33(35-28-20-18-21-9-4-5-13-24(21)32(28)36-31)27-15-8-12-22-17-19-26-25-14-6-7-16-29(25)37-34(26)30(22)27;1-2-10-23(11-3-1)31-33(36-32-24-13-5-4-9-21(24)18-20-28(32)35-31)27-15-8-12-22-17-19-26-25-14-6-7-16-29(25)37-34(26)30(22)27;1-2-10-22(11-3-1)32-34(35-29-18-17-21-9-4-5-13-24(21)33(29)36-32)26-15-8-12-23-19-28-25-14-6-7-16-30(25)37-31(28)20-27(23)26;1-2-9-19(10-3-1)29-30(32-26-15-6-5-14-25(26)31-29)22-13-8-11-20-17-24-21-12-4-7-16-27(21)33-28(24)18-23(20)22/h3*1-20H;1-18H. The minimum Gasteiger partial charge on any atom is -0.455 e. The molecule has 12 heteroatoms. The second kappa shape index (κ2) is 34.7. The average Bonchev–Trinajstić information content (AvgIpc) is 1.53. The highest BCUT2D eigenvalue weighted by molar-refractivity contribution is 7.26. The van der Waals surface area contributed by atoms with Crippen LogP contribution in [0.5, 0.6) is 0 Å². The van der Waals surface area contributed by atoms with Crippen LogP contribution in [0.25, 0.3) is 294 Å². The summed E-state index contributed by atoms with van der Waals surface area (Å²) in [5.41, 5.74) is 26.4. The quantitative estimate of drug-likeness (QED) is 0.136. The molecule has 0 amide bonds. The third kappa shape index (κ3) is 14.4. The van der Waals surface area contributed by atoms with Crippen LogP contribution in [0.15, 0.2) is 482 Å². The predicted molar refractivity (Wildman–Crippen MR) is 605 cm³/mol. The van der Waals surface area contributed by atoms with Crippen molar-refractivity contribution in [2.75, 3.05) is 0 Å². The maximum absolute atomic E-state index is 6.48. The zero-order chi connectivity index (χ0) is 94.8. The van der Waals surface area contributed by atoms with Crippen LogP contribution in [0, 0.1) is 0 Å². The summed E-state index contributed by atoms with van der Waals surface area (Å²) in [5, 5.41) is 25.7. The zero-order valence-corrected chi connectivity index (χ0v) is 78.9. The van der Waals surface area contributed by atoms with Crippen LogP contribution >= 0.6 is 22.7 Å². The van der Waals surface area contributed by atoms with Crippen LogP contribution in [-0.2, 0) is 0 Å². The first-order chi connectivity index (χ1) is 71.4. The first-order valence-electron chi connectivity index (χ1n) is 48.3. The Kier molecular flexibility index (Phi) is 20.1. The third-order valence-electron chi connectivity index (χ3n) is 28.0. The van der Waals surface area contributed by atoms with Crippen LogP contribution in [0.4, 0.5) is 0 Å². The van der Waals surface area contributed by atoms with Gasteiger partial charge in [0.05, 0.1) is 89.7 Å². The molecule has 0 saturated heterocycles. The molecule has 23 aromatic carbocycles. The average molecular weight is 1870 g/mol. The summed E-state index contributed by atoms with van der Waals surface area (Å²) in [6.45, 7) is 0. The summed E-state index contributed by atoms with van der Waals surface area (Å²) < 4.78 is 18.2. The van der Waals surface area contributed by atoms with Gasteiger partial charge in [0.1, 0.15) is 22.3 Å². The first-order valence-corrected chi connectivity index (χ1v) is 49.9. The van der Waals surface area contributed by atoms with Crippen LogP contribution in [-0.4, -0.2) is 39.9 Å². The Labute approximate surface area is 832 Å². The first kappa shape index (κ1) is 83.4. The van der Waals surface area contributed by atoms with E-state index >= 15 is 0 Å². The molecule has 0 radical (unpaired) electrons. The molecule has 31 aromatic rings. The topological polar surface area (TPSA) is 129 Å². The molecule has 0 spiro atoms. The van der Waals surface area contributed by atoms with Crippen molar-refractivity contribution < 1.29 is 8.83 Å². The van der Waals surface area contributed by atoms with Gasteiger partial charge in [0.15, 0.2) is 0 Å². The number of furan rings is 2. The van der Waals surface area contributed by atoms with E-state index < -0.39 is 0 Å². The summed E-state index contributed by atoms with van der Waals surface area (Å²) in [6, 6.07) is 165. The van der Waals surface area contributed by atoms with Crippen LogP contribution in [0.3, 0.4) is 0 Å². The van der Waals surface area contributed by atoms with Gasteiger partial charge in [-0.25, -0.2) is 39.9 Å². The van der Waals surface area contributed by atoms with Crippen molar-refractivity contribution in [3.05, 3.63) is 473 Å². The molecule has 0 aliphatic heterocycles. The van der Waals surface area contributed by atoms with Gasteiger partial charge in [-0.1, -0.05) is 382 Å². The number of hydrogen-bond acceptors (Lipinski definition) is 12. The highest BCUT2D eigenvalue weighted by Gasteiger charge is 2.26. The van der Waals surface area contributed by atoms with E-state index in [9.17, 15) is 0 Å². The largest absolute Gasteiger partial charge is 0.455 e. The van der Waals surface area contributed by atoms with E-state index in [0.29, 0.717) is 0 Å². The molecule has 0 fully saturated rings. The van der Waals surface area contributed by atoms with E-state index in [4.69, 9.17) is 48.7 Å². The third-order valence-corrected chi connectivity index (χ3v) is 30.3. The molecule has 0 saturated carbocycles. The fourth-order valence-corrected chi connectivity index (χ4v) is 23.5. The monoisotopic (exact) mass is 1870 g/mol. The van der Waals surface area contributed by atoms with Crippen molar-refractivity contribution in [2.24, 2.45) is 0 Å². The van der Waals surface area contributed by atoms with Gasteiger partial charge in [0, 0.05) is 133 Å². The Balaban J connectivity index is 0.0000000935. The summed E-state index contributed by atoms with van der Waals surface area (Å²) in [4.78, 5) is 41.9. The summed E-state index contributed by atoms with van der Waals surface area (Å²) in [5.74, 6) is 0. The number of aromatic nitrogens is 8. The van der Waals surface area contributed by atoms with Crippen LogP contribution in [0.1, 0.15) is 0 Å². The summed E-state index contributed by atoms with van der Waals surface area (Å²) in [7, 11) is 0. The zero-order valence-electron chi connectivity index (χ0n) is 77.2. The fourth-order valence-electron chi connectivity index (χ4n) is 21.2. The Morgan fingerprint density at radius 1 is 0.153 bits per heavy atom. The SMILES string of the molecule is c1ccc(-c2nc3c(ccc4ccccc43)nc2-c2cccc3cc4c(cc23)sc2ccccc24)cc1.c1ccc(-c2nc3c(ccc4ccccc43)nc2-c2cccc3ccc4c5ccccc5oc4c23)cc1.c1ccc(-c2nc3ccc4ccccc4c3nc2-c2cccc3ccc4c5ccccc5oc4c23)cc1.c1ccc(-c2nc3ccccc3nc2-c2cccc3cc4c(cc23)sc2ccccc24)cc1. The van der Waals surface area contributed by atoms with Crippen molar-refractivity contribution in [2.45, 2.75) is 0 Å². The normalized spacial score (nSPS) is 11.8. The highest BCUT2D eigenvalue weighted by Crippen LogP contribution is 2.49. The van der Waals surface area contributed by atoms with Crippen molar-refractivity contribution in [1.82, 2.24) is 39.9 Å². The number of benzene rings is 23. The molecule has 144 heavy (non-hydrogen) atoms. The van der Waals surface area contributed by atoms with Crippen LogP contribution in [0.2, 0.25) is 0 Å².